The van der Waals surface area contributed by atoms with Crippen LogP contribution in [0.1, 0.15) is 58.8 Å². The number of carbonyl (C=O) groups excluding carboxylic acids is 1. The van der Waals surface area contributed by atoms with E-state index in [1.807, 2.05) is 6.07 Å². The summed E-state index contributed by atoms with van der Waals surface area (Å²) in [5.74, 6) is 1.35. The van der Waals surface area contributed by atoms with Crippen molar-refractivity contribution in [2.45, 2.75) is 50.6 Å². The summed E-state index contributed by atoms with van der Waals surface area (Å²) in [4.78, 5) is 26.6. The molecule has 0 saturated heterocycles. The number of nitrogens with one attached hydrogen (secondary N) is 4. The molecule has 1 aliphatic heterocycles. The van der Waals surface area contributed by atoms with Crippen LogP contribution in [0.3, 0.4) is 0 Å². The second-order valence-corrected chi connectivity index (χ2v) is 9.57. The van der Waals surface area contributed by atoms with Crippen molar-refractivity contribution < 1.29 is 4.79 Å². The van der Waals surface area contributed by atoms with Gasteiger partial charge in [-0.15, -0.1) is 11.3 Å². The fraction of sp³-hybridized carbons (Fsp3) is 0.391. The van der Waals surface area contributed by atoms with Gasteiger partial charge in [-0.3, -0.25) is 4.79 Å². The van der Waals surface area contributed by atoms with Gasteiger partial charge < -0.3 is 21.3 Å². The van der Waals surface area contributed by atoms with Crippen LogP contribution >= 0.6 is 11.3 Å². The zero-order chi connectivity index (χ0) is 21.5. The number of amides is 1. The summed E-state index contributed by atoms with van der Waals surface area (Å²) in [6.45, 7) is 1.89. The largest absolute Gasteiger partial charge is 0.349 e. The van der Waals surface area contributed by atoms with Crippen LogP contribution in [0, 0.1) is 0 Å². The first-order chi connectivity index (χ1) is 15.7. The maximum absolute atomic E-state index is 12.8. The zero-order valence-corrected chi connectivity index (χ0v) is 18.5. The van der Waals surface area contributed by atoms with Crippen LogP contribution in [0.2, 0.25) is 0 Å². The topological polar surface area (TPSA) is 104 Å². The lowest BCUT2D eigenvalue weighted by molar-refractivity contribution is 0.0951. The van der Waals surface area contributed by atoms with Crippen molar-refractivity contribution in [1.29, 1.82) is 0 Å². The Hall–Kier alpha value is -3.04. The fourth-order valence-corrected chi connectivity index (χ4v) is 4.68. The summed E-state index contributed by atoms with van der Waals surface area (Å²) >= 11 is 1.54. The Morgan fingerprint density at radius 1 is 1.09 bits per heavy atom. The molecule has 2 saturated carbocycles. The number of benzene rings is 1. The van der Waals surface area contributed by atoms with Crippen molar-refractivity contribution in [2.24, 2.45) is 0 Å². The van der Waals surface area contributed by atoms with Crippen molar-refractivity contribution in [3.8, 4) is 0 Å². The molecular formula is C23H25N7OS. The third-order valence-electron chi connectivity index (χ3n) is 6.04. The highest BCUT2D eigenvalue weighted by molar-refractivity contribution is 7.13. The molecule has 0 radical (unpaired) electrons. The van der Waals surface area contributed by atoms with Gasteiger partial charge in [-0.2, -0.15) is 4.98 Å². The molecule has 32 heavy (non-hydrogen) atoms. The van der Waals surface area contributed by atoms with Gasteiger partial charge in [0.1, 0.15) is 5.56 Å². The third-order valence-corrected chi connectivity index (χ3v) is 6.81. The first-order valence-electron chi connectivity index (χ1n) is 11.2. The van der Waals surface area contributed by atoms with Crippen LogP contribution in [0.4, 0.5) is 22.6 Å². The molecule has 3 heterocycles. The van der Waals surface area contributed by atoms with Gasteiger partial charge in [0.25, 0.3) is 5.91 Å². The van der Waals surface area contributed by atoms with E-state index >= 15 is 0 Å². The number of hydrogen-bond donors (Lipinski definition) is 4. The molecule has 1 amide bonds. The summed E-state index contributed by atoms with van der Waals surface area (Å²) in [5, 5.41) is 15.8. The first-order valence-corrected chi connectivity index (χ1v) is 12.1. The van der Waals surface area contributed by atoms with E-state index in [-0.39, 0.29) is 11.9 Å². The van der Waals surface area contributed by atoms with Crippen molar-refractivity contribution in [1.82, 2.24) is 25.6 Å². The first kappa shape index (κ1) is 19.6. The highest BCUT2D eigenvalue weighted by Gasteiger charge is 2.28. The van der Waals surface area contributed by atoms with Crippen molar-refractivity contribution >= 4 is 39.8 Å². The minimum Gasteiger partial charge on any atom is -0.349 e. The van der Waals surface area contributed by atoms with Gasteiger partial charge in [-0.25, -0.2) is 9.97 Å². The van der Waals surface area contributed by atoms with Crippen LogP contribution in [-0.4, -0.2) is 33.4 Å². The average molecular weight is 448 g/mol. The second-order valence-electron chi connectivity index (χ2n) is 8.72. The second kappa shape index (κ2) is 8.14. The Bertz CT molecular complexity index is 1170. The van der Waals surface area contributed by atoms with Crippen LogP contribution < -0.4 is 21.3 Å². The Labute approximate surface area is 190 Å². The molecule has 8 nitrogen and oxygen atoms in total. The molecule has 4 N–H and O–H groups in total. The Morgan fingerprint density at radius 2 is 2.00 bits per heavy atom. The highest BCUT2D eigenvalue weighted by atomic mass is 32.1. The molecule has 3 aromatic rings. The molecule has 9 heteroatoms. The highest BCUT2D eigenvalue weighted by Crippen LogP contribution is 2.41. The van der Waals surface area contributed by atoms with E-state index in [0.717, 1.165) is 48.9 Å². The van der Waals surface area contributed by atoms with E-state index in [4.69, 9.17) is 4.98 Å². The maximum atomic E-state index is 12.8. The molecule has 2 aromatic heterocycles. The lowest BCUT2D eigenvalue weighted by Crippen LogP contribution is -2.26. The molecule has 3 aliphatic rings. The van der Waals surface area contributed by atoms with Gasteiger partial charge >= 0.3 is 0 Å². The van der Waals surface area contributed by atoms with E-state index in [0.29, 0.717) is 23.2 Å². The molecule has 0 unspecified atom stereocenters. The maximum Gasteiger partial charge on any atom is 0.256 e. The number of anilines is 4. The van der Waals surface area contributed by atoms with E-state index in [1.165, 1.54) is 24.0 Å². The van der Waals surface area contributed by atoms with Gasteiger partial charge in [0.2, 0.25) is 5.95 Å². The number of rotatable bonds is 7. The number of thiazole rings is 1. The van der Waals surface area contributed by atoms with E-state index < -0.39 is 0 Å². The molecule has 2 aliphatic carbocycles. The number of aromatic nitrogens is 3. The van der Waals surface area contributed by atoms with Crippen LogP contribution in [-0.2, 0) is 13.0 Å². The SMILES string of the molecule is O=C(NC1CC1)c1cnc(Nc2ccc3c(c2)CCNC3)nc1Nc1nc(C2CC2)cs1. The predicted octanol–water partition coefficient (Wildman–Crippen LogP) is 3.84. The lowest BCUT2D eigenvalue weighted by atomic mass is 10.0. The molecule has 0 bridgehead atoms. The summed E-state index contributed by atoms with van der Waals surface area (Å²) in [5.41, 5.74) is 5.16. The molecule has 0 spiro atoms. The van der Waals surface area contributed by atoms with Crippen molar-refractivity contribution in [3.63, 3.8) is 0 Å². The molecule has 164 valence electrons. The molecule has 1 aromatic carbocycles. The summed E-state index contributed by atoms with van der Waals surface area (Å²) in [6, 6.07) is 6.59. The van der Waals surface area contributed by atoms with Gasteiger partial charge in [0, 0.05) is 35.8 Å². The molecule has 0 atom stereocenters. The minimum atomic E-state index is -0.151. The average Bonchev–Trinajstić information content (AvgIpc) is 3.74. The van der Waals surface area contributed by atoms with Crippen LogP contribution in [0.5, 0.6) is 0 Å². The van der Waals surface area contributed by atoms with Crippen molar-refractivity contribution in [2.75, 3.05) is 17.2 Å². The number of fused-ring (bicyclic) bond motifs is 1. The number of carbonyl (C=O) groups is 1. The molecule has 6 rings (SSSR count). The van der Waals surface area contributed by atoms with Crippen molar-refractivity contribution in [3.05, 3.63) is 52.2 Å². The van der Waals surface area contributed by atoms with Gasteiger partial charge in [0.05, 0.1) is 5.69 Å². The summed E-state index contributed by atoms with van der Waals surface area (Å²) < 4.78 is 0. The molecule has 2 fully saturated rings. The normalized spacial score (nSPS) is 17.5. The smallest absolute Gasteiger partial charge is 0.256 e. The van der Waals surface area contributed by atoms with Gasteiger partial charge in [-0.1, -0.05) is 6.07 Å². The van der Waals surface area contributed by atoms with Gasteiger partial charge in [-0.05, 0) is 61.9 Å². The fourth-order valence-electron chi connectivity index (χ4n) is 3.89. The number of nitrogens with zero attached hydrogens (tertiary/aromatic N) is 3. The molecular weight excluding hydrogens is 422 g/mol. The van der Waals surface area contributed by atoms with E-state index in [2.05, 4.69) is 48.7 Å². The summed E-state index contributed by atoms with van der Waals surface area (Å²) in [6.07, 6.45) is 7.06. The van der Waals surface area contributed by atoms with Crippen LogP contribution in [0.25, 0.3) is 0 Å². The minimum absolute atomic E-state index is 0.151. The zero-order valence-electron chi connectivity index (χ0n) is 17.6. The number of hydrogen-bond acceptors (Lipinski definition) is 8. The van der Waals surface area contributed by atoms with E-state index in [1.54, 1.807) is 17.5 Å². The lowest BCUT2D eigenvalue weighted by Gasteiger charge is -2.18. The monoisotopic (exact) mass is 447 g/mol. The Kier molecular flexibility index (Phi) is 4.99. The van der Waals surface area contributed by atoms with Gasteiger partial charge in [0.15, 0.2) is 10.9 Å². The van der Waals surface area contributed by atoms with E-state index in [9.17, 15) is 4.79 Å². The van der Waals surface area contributed by atoms with Crippen LogP contribution in [0.15, 0.2) is 29.8 Å². The standard InChI is InChI=1S/C23H25N7OS/c31-21(26-16-5-6-16)18-11-25-22(27-17-4-3-15-10-24-8-7-14(15)9-17)29-20(18)30-23-28-19(12-32-23)13-1-2-13/h3-4,9,11-13,16,24H,1-2,5-8,10H2,(H,26,31)(H2,25,27,28,29,30). The third kappa shape index (κ3) is 4.31. The summed E-state index contributed by atoms with van der Waals surface area (Å²) in [7, 11) is 0. The Morgan fingerprint density at radius 3 is 2.84 bits per heavy atom. The predicted molar refractivity (Wildman–Crippen MR) is 125 cm³/mol. The quantitative estimate of drug-likeness (QED) is 0.436. The Balaban J connectivity index is 1.27.